The summed E-state index contributed by atoms with van der Waals surface area (Å²) in [7, 11) is 0. The maximum absolute atomic E-state index is 12.1. The number of ether oxygens (including phenoxy) is 4. The maximum Gasteiger partial charge on any atom is 0.322 e. The van der Waals surface area contributed by atoms with Crippen molar-refractivity contribution >= 4 is 18.0 Å². The fourth-order valence-corrected chi connectivity index (χ4v) is 2.94. The Bertz CT molecular complexity index is 1110. The first-order chi connectivity index (χ1) is 14.2. The van der Waals surface area contributed by atoms with Crippen LogP contribution in [-0.4, -0.2) is 29.7 Å². The highest BCUT2D eigenvalue weighted by Gasteiger charge is 2.15. The van der Waals surface area contributed by atoms with Crippen LogP contribution in [0.3, 0.4) is 0 Å². The molecule has 29 heavy (non-hydrogen) atoms. The SMILES string of the molecule is O=C(C=Cc1ccc2c(c1)OCO2)Nc1nnc(Cc2ccc3c(c2)OCO3)o1. The number of benzene rings is 2. The third kappa shape index (κ3) is 3.70. The van der Waals surface area contributed by atoms with Crippen molar-refractivity contribution in [2.45, 2.75) is 6.42 Å². The number of fused-ring (bicyclic) bond motifs is 2. The molecule has 0 aliphatic carbocycles. The number of nitrogens with one attached hydrogen (secondary N) is 1. The summed E-state index contributed by atoms with van der Waals surface area (Å²) in [5.74, 6) is 2.72. The molecule has 0 bridgehead atoms. The molecule has 2 aromatic carbocycles. The molecule has 0 saturated carbocycles. The molecule has 146 valence electrons. The molecule has 5 rings (SSSR count). The minimum Gasteiger partial charge on any atom is -0.454 e. The highest BCUT2D eigenvalue weighted by Crippen LogP contribution is 2.33. The van der Waals surface area contributed by atoms with Gasteiger partial charge in [-0.2, -0.15) is 0 Å². The molecule has 1 aromatic heterocycles. The van der Waals surface area contributed by atoms with Gasteiger partial charge in [-0.05, 0) is 41.5 Å². The lowest BCUT2D eigenvalue weighted by Crippen LogP contribution is -2.07. The second kappa shape index (κ2) is 7.19. The van der Waals surface area contributed by atoms with Crippen LogP contribution in [0.2, 0.25) is 0 Å². The summed E-state index contributed by atoms with van der Waals surface area (Å²) in [6.45, 7) is 0.421. The lowest BCUT2D eigenvalue weighted by atomic mass is 10.1. The van der Waals surface area contributed by atoms with Gasteiger partial charge in [0.1, 0.15) is 0 Å². The molecule has 9 nitrogen and oxygen atoms in total. The van der Waals surface area contributed by atoms with Crippen molar-refractivity contribution in [2.75, 3.05) is 18.9 Å². The van der Waals surface area contributed by atoms with Gasteiger partial charge in [0.25, 0.3) is 5.91 Å². The quantitative estimate of drug-likeness (QED) is 0.660. The average Bonchev–Trinajstić information content (AvgIpc) is 3.46. The number of aromatic nitrogens is 2. The molecule has 0 fully saturated rings. The Balaban J connectivity index is 1.20. The van der Waals surface area contributed by atoms with Crippen molar-refractivity contribution in [1.29, 1.82) is 0 Å². The summed E-state index contributed by atoms with van der Waals surface area (Å²) < 4.78 is 26.7. The van der Waals surface area contributed by atoms with Crippen LogP contribution < -0.4 is 24.3 Å². The predicted molar refractivity (Wildman–Crippen MR) is 99.9 cm³/mol. The Morgan fingerprint density at radius 1 is 0.931 bits per heavy atom. The van der Waals surface area contributed by atoms with E-state index in [9.17, 15) is 4.79 Å². The standard InChI is InChI=1S/C20H15N3O6/c24-18(6-3-12-1-4-14-16(7-12)27-10-25-14)21-20-23-22-19(29-20)9-13-2-5-15-17(8-13)28-11-26-15/h1-8H,9-11H2,(H,21,23,24). The number of hydrogen-bond acceptors (Lipinski definition) is 8. The second-order valence-electron chi connectivity index (χ2n) is 6.30. The van der Waals surface area contributed by atoms with Gasteiger partial charge in [0.05, 0.1) is 6.42 Å². The predicted octanol–water partition coefficient (Wildman–Crippen LogP) is 2.77. The molecule has 0 unspecified atom stereocenters. The first-order valence-electron chi connectivity index (χ1n) is 8.82. The van der Waals surface area contributed by atoms with Gasteiger partial charge in [-0.1, -0.05) is 17.2 Å². The van der Waals surface area contributed by atoms with Gasteiger partial charge < -0.3 is 23.4 Å². The highest BCUT2D eigenvalue weighted by molar-refractivity contribution is 6.00. The molecule has 0 atom stereocenters. The van der Waals surface area contributed by atoms with E-state index in [1.807, 2.05) is 24.3 Å². The molecular formula is C20H15N3O6. The van der Waals surface area contributed by atoms with Gasteiger partial charge in [-0.25, -0.2) is 0 Å². The first-order valence-corrected chi connectivity index (χ1v) is 8.82. The number of hydrogen-bond donors (Lipinski definition) is 1. The van der Waals surface area contributed by atoms with Crippen LogP contribution in [0.5, 0.6) is 23.0 Å². The van der Waals surface area contributed by atoms with E-state index in [0.29, 0.717) is 35.3 Å². The van der Waals surface area contributed by atoms with E-state index in [1.54, 1.807) is 18.2 Å². The smallest absolute Gasteiger partial charge is 0.322 e. The Morgan fingerprint density at radius 2 is 1.66 bits per heavy atom. The molecule has 1 N–H and O–H groups in total. The van der Waals surface area contributed by atoms with Crippen LogP contribution in [0, 0.1) is 0 Å². The number of amides is 1. The molecule has 9 heteroatoms. The van der Waals surface area contributed by atoms with Crippen LogP contribution in [0.1, 0.15) is 17.0 Å². The number of nitrogens with zero attached hydrogens (tertiary/aromatic N) is 2. The van der Waals surface area contributed by atoms with Crippen LogP contribution in [0.4, 0.5) is 6.01 Å². The Labute approximate surface area is 164 Å². The van der Waals surface area contributed by atoms with Gasteiger partial charge in [0.2, 0.25) is 19.5 Å². The molecule has 0 saturated heterocycles. The lowest BCUT2D eigenvalue weighted by molar-refractivity contribution is -0.112. The Hall–Kier alpha value is -4.01. The van der Waals surface area contributed by atoms with Crippen LogP contribution in [-0.2, 0) is 11.2 Å². The van der Waals surface area contributed by atoms with Crippen LogP contribution >= 0.6 is 0 Å². The fraction of sp³-hybridized carbons (Fsp3) is 0.150. The summed E-state index contributed by atoms with van der Waals surface area (Å²) >= 11 is 0. The van der Waals surface area contributed by atoms with E-state index < -0.39 is 0 Å². The van der Waals surface area contributed by atoms with Crippen LogP contribution in [0.15, 0.2) is 46.9 Å². The monoisotopic (exact) mass is 393 g/mol. The highest BCUT2D eigenvalue weighted by atomic mass is 16.7. The maximum atomic E-state index is 12.1. The van der Waals surface area contributed by atoms with E-state index in [0.717, 1.165) is 11.1 Å². The van der Waals surface area contributed by atoms with Crippen molar-refractivity contribution in [1.82, 2.24) is 10.2 Å². The zero-order valence-electron chi connectivity index (χ0n) is 15.1. The Morgan fingerprint density at radius 3 is 2.48 bits per heavy atom. The number of anilines is 1. The number of rotatable bonds is 5. The summed E-state index contributed by atoms with van der Waals surface area (Å²) in [6.07, 6.45) is 3.44. The third-order valence-corrected chi connectivity index (χ3v) is 4.31. The van der Waals surface area contributed by atoms with E-state index in [2.05, 4.69) is 15.5 Å². The van der Waals surface area contributed by atoms with Gasteiger partial charge >= 0.3 is 6.01 Å². The summed E-state index contributed by atoms with van der Waals surface area (Å²) in [6, 6.07) is 11.0. The molecule has 1 amide bonds. The average molecular weight is 393 g/mol. The molecular weight excluding hydrogens is 378 g/mol. The fourth-order valence-electron chi connectivity index (χ4n) is 2.94. The topological polar surface area (TPSA) is 105 Å². The van der Waals surface area contributed by atoms with Gasteiger partial charge in [-0.15, -0.1) is 5.10 Å². The molecule has 2 aliphatic heterocycles. The lowest BCUT2D eigenvalue weighted by Gasteiger charge is -2.00. The summed E-state index contributed by atoms with van der Waals surface area (Å²) in [4.78, 5) is 12.1. The first kappa shape index (κ1) is 17.1. The minimum absolute atomic E-state index is 0.0288. The number of carbonyl (C=O) groups excluding carboxylic acids is 1. The van der Waals surface area contributed by atoms with Crippen LogP contribution in [0.25, 0.3) is 6.08 Å². The van der Waals surface area contributed by atoms with E-state index >= 15 is 0 Å². The second-order valence-corrected chi connectivity index (χ2v) is 6.30. The minimum atomic E-state index is -0.388. The van der Waals surface area contributed by atoms with E-state index in [-0.39, 0.29) is 25.5 Å². The summed E-state index contributed by atoms with van der Waals surface area (Å²) in [5.41, 5.74) is 1.73. The van der Waals surface area contributed by atoms with Crippen molar-refractivity contribution in [3.63, 3.8) is 0 Å². The van der Waals surface area contributed by atoms with Gasteiger partial charge in [0, 0.05) is 6.08 Å². The zero-order chi connectivity index (χ0) is 19.6. The number of carbonyl (C=O) groups is 1. The molecule has 3 aromatic rings. The van der Waals surface area contributed by atoms with Gasteiger partial charge in [0.15, 0.2) is 23.0 Å². The van der Waals surface area contributed by atoms with Crippen molar-refractivity contribution in [3.05, 3.63) is 59.5 Å². The van der Waals surface area contributed by atoms with Crippen molar-refractivity contribution in [2.24, 2.45) is 0 Å². The van der Waals surface area contributed by atoms with Crippen molar-refractivity contribution in [3.8, 4) is 23.0 Å². The Kier molecular flexibility index (Phi) is 4.24. The third-order valence-electron chi connectivity index (χ3n) is 4.31. The molecule has 0 spiro atoms. The largest absolute Gasteiger partial charge is 0.454 e. The van der Waals surface area contributed by atoms with E-state index in [1.165, 1.54) is 6.08 Å². The summed E-state index contributed by atoms with van der Waals surface area (Å²) in [5, 5.41) is 10.4. The van der Waals surface area contributed by atoms with E-state index in [4.69, 9.17) is 23.4 Å². The normalized spacial score (nSPS) is 13.8. The molecule has 2 aliphatic rings. The van der Waals surface area contributed by atoms with Gasteiger partial charge in [-0.3, -0.25) is 10.1 Å². The molecule has 0 radical (unpaired) electrons. The zero-order valence-corrected chi connectivity index (χ0v) is 15.1. The van der Waals surface area contributed by atoms with Crippen molar-refractivity contribution < 1.29 is 28.2 Å². The molecule has 3 heterocycles.